The largest absolute Gasteiger partial charge is 0.301 e. The normalized spacial score (nSPS) is 10.1. The lowest BCUT2D eigenvalue weighted by atomic mass is 10.1. The minimum atomic E-state index is 0.0397. The third-order valence-corrected chi connectivity index (χ3v) is 2.47. The Morgan fingerprint density at radius 2 is 2.36 bits per heavy atom. The number of rotatable bonds is 6. The molecule has 0 aliphatic heterocycles. The first-order valence-electron chi connectivity index (χ1n) is 4.89. The summed E-state index contributed by atoms with van der Waals surface area (Å²) in [6, 6.07) is 0. The van der Waals surface area contributed by atoms with Crippen LogP contribution in [0.15, 0.2) is 5.51 Å². The lowest BCUT2D eigenvalue weighted by Crippen LogP contribution is -2.10. The van der Waals surface area contributed by atoms with E-state index in [9.17, 15) is 4.79 Å². The van der Waals surface area contributed by atoms with Crippen LogP contribution in [0.1, 0.15) is 39.0 Å². The second kappa shape index (κ2) is 6.48. The van der Waals surface area contributed by atoms with E-state index in [1.54, 1.807) is 5.51 Å². The standard InChI is InChI=1S/C9H15N3OS/c1-2-3-4-5-6-8(13)11-9-12-10-7-14-9/h7H,2-6H2,1H3,(H,11,12,13). The van der Waals surface area contributed by atoms with E-state index in [0.29, 0.717) is 11.6 Å². The minimum Gasteiger partial charge on any atom is -0.301 e. The molecule has 0 radical (unpaired) electrons. The molecule has 5 heteroatoms. The number of anilines is 1. The van der Waals surface area contributed by atoms with E-state index in [1.807, 2.05) is 0 Å². The van der Waals surface area contributed by atoms with Gasteiger partial charge in [-0.15, -0.1) is 10.2 Å². The maximum absolute atomic E-state index is 11.3. The number of amides is 1. The highest BCUT2D eigenvalue weighted by Crippen LogP contribution is 2.09. The summed E-state index contributed by atoms with van der Waals surface area (Å²) in [6.07, 6.45) is 5.06. The van der Waals surface area contributed by atoms with Crippen molar-refractivity contribution < 1.29 is 4.79 Å². The predicted molar refractivity (Wildman–Crippen MR) is 57.3 cm³/mol. The van der Waals surface area contributed by atoms with Gasteiger partial charge in [0, 0.05) is 6.42 Å². The van der Waals surface area contributed by atoms with E-state index in [1.165, 1.54) is 24.2 Å². The summed E-state index contributed by atoms with van der Waals surface area (Å²) in [5, 5.41) is 10.7. The molecule has 0 aliphatic carbocycles. The third-order valence-electron chi connectivity index (χ3n) is 1.86. The Hall–Kier alpha value is -0.970. The van der Waals surface area contributed by atoms with Crippen molar-refractivity contribution in [3.05, 3.63) is 5.51 Å². The molecule has 1 heterocycles. The minimum absolute atomic E-state index is 0.0397. The maximum Gasteiger partial charge on any atom is 0.226 e. The number of hydrogen-bond donors (Lipinski definition) is 1. The second-order valence-electron chi connectivity index (χ2n) is 3.10. The molecular weight excluding hydrogens is 198 g/mol. The van der Waals surface area contributed by atoms with E-state index < -0.39 is 0 Å². The Balaban J connectivity index is 2.11. The van der Waals surface area contributed by atoms with Crippen molar-refractivity contribution in [2.45, 2.75) is 39.0 Å². The molecule has 4 nitrogen and oxygen atoms in total. The van der Waals surface area contributed by atoms with Crippen molar-refractivity contribution in [3.8, 4) is 0 Å². The van der Waals surface area contributed by atoms with Crippen molar-refractivity contribution in [2.24, 2.45) is 0 Å². The Labute approximate surface area is 87.7 Å². The molecule has 1 amide bonds. The molecule has 1 N–H and O–H groups in total. The molecule has 1 aromatic heterocycles. The molecule has 0 spiro atoms. The molecule has 1 rings (SSSR count). The summed E-state index contributed by atoms with van der Waals surface area (Å²) < 4.78 is 0. The van der Waals surface area contributed by atoms with Crippen LogP contribution in [-0.4, -0.2) is 16.1 Å². The van der Waals surface area contributed by atoms with Gasteiger partial charge in [-0.3, -0.25) is 4.79 Å². The molecule has 78 valence electrons. The van der Waals surface area contributed by atoms with Crippen molar-refractivity contribution in [3.63, 3.8) is 0 Å². The lowest BCUT2D eigenvalue weighted by molar-refractivity contribution is -0.116. The second-order valence-corrected chi connectivity index (χ2v) is 3.94. The van der Waals surface area contributed by atoms with Crippen LogP contribution in [0.4, 0.5) is 5.13 Å². The summed E-state index contributed by atoms with van der Waals surface area (Å²) in [7, 11) is 0. The molecule has 0 saturated carbocycles. The van der Waals surface area contributed by atoms with Crippen LogP contribution in [0.3, 0.4) is 0 Å². The third kappa shape index (κ3) is 4.32. The number of nitrogens with zero attached hydrogens (tertiary/aromatic N) is 2. The average molecular weight is 213 g/mol. The molecule has 1 aromatic rings. The fraction of sp³-hybridized carbons (Fsp3) is 0.667. The van der Waals surface area contributed by atoms with Gasteiger partial charge in [0.1, 0.15) is 5.51 Å². The van der Waals surface area contributed by atoms with Gasteiger partial charge in [0.05, 0.1) is 0 Å². The number of unbranched alkanes of at least 4 members (excludes halogenated alkanes) is 3. The molecule has 0 aliphatic rings. The van der Waals surface area contributed by atoms with Crippen LogP contribution in [-0.2, 0) is 4.79 Å². The van der Waals surface area contributed by atoms with Gasteiger partial charge in [-0.1, -0.05) is 37.5 Å². The van der Waals surface area contributed by atoms with Gasteiger partial charge in [0.15, 0.2) is 0 Å². The van der Waals surface area contributed by atoms with Crippen LogP contribution in [0.25, 0.3) is 0 Å². The van der Waals surface area contributed by atoms with Gasteiger partial charge in [-0.05, 0) is 6.42 Å². The summed E-state index contributed by atoms with van der Waals surface area (Å²) in [5.74, 6) is 0.0397. The van der Waals surface area contributed by atoms with Gasteiger partial charge in [-0.2, -0.15) is 0 Å². The fourth-order valence-corrected chi connectivity index (χ4v) is 1.58. The van der Waals surface area contributed by atoms with Crippen molar-refractivity contribution >= 4 is 22.4 Å². The number of carbonyl (C=O) groups excluding carboxylic acids is 1. The van der Waals surface area contributed by atoms with E-state index >= 15 is 0 Å². The highest BCUT2D eigenvalue weighted by atomic mass is 32.1. The first kappa shape index (κ1) is 11.1. The Kier molecular flexibility index (Phi) is 5.14. The van der Waals surface area contributed by atoms with E-state index in [4.69, 9.17) is 0 Å². The van der Waals surface area contributed by atoms with Crippen LogP contribution in [0, 0.1) is 0 Å². The molecule has 0 saturated heterocycles. The van der Waals surface area contributed by atoms with Gasteiger partial charge < -0.3 is 5.32 Å². The van der Waals surface area contributed by atoms with Gasteiger partial charge in [-0.25, -0.2) is 0 Å². The van der Waals surface area contributed by atoms with Gasteiger partial charge in [0.25, 0.3) is 0 Å². The van der Waals surface area contributed by atoms with Crippen LogP contribution in [0.5, 0.6) is 0 Å². The van der Waals surface area contributed by atoms with E-state index in [2.05, 4.69) is 22.4 Å². The highest BCUT2D eigenvalue weighted by Gasteiger charge is 2.03. The number of hydrogen-bond acceptors (Lipinski definition) is 4. The predicted octanol–water partition coefficient (Wildman–Crippen LogP) is 2.45. The zero-order chi connectivity index (χ0) is 10.2. The van der Waals surface area contributed by atoms with Gasteiger partial charge >= 0.3 is 0 Å². The fourth-order valence-electron chi connectivity index (χ4n) is 1.12. The lowest BCUT2D eigenvalue weighted by Gasteiger charge is -2.00. The number of aromatic nitrogens is 2. The Morgan fingerprint density at radius 3 is 3.00 bits per heavy atom. The average Bonchev–Trinajstić information content (AvgIpc) is 2.65. The number of nitrogens with one attached hydrogen (secondary N) is 1. The smallest absolute Gasteiger partial charge is 0.226 e. The van der Waals surface area contributed by atoms with Crippen LogP contribution >= 0.6 is 11.3 Å². The van der Waals surface area contributed by atoms with Crippen molar-refractivity contribution in [1.29, 1.82) is 0 Å². The Bertz CT molecular complexity index is 261. The molecule has 14 heavy (non-hydrogen) atoms. The van der Waals surface area contributed by atoms with Crippen LogP contribution in [0.2, 0.25) is 0 Å². The van der Waals surface area contributed by atoms with Crippen LogP contribution < -0.4 is 5.32 Å². The van der Waals surface area contributed by atoms with Gasteiger partial charge in [0.2, 0.25) is 11.0 Å². The maximum atomic E-state index is 11.3. The number of carbonyl (C=O) groups is 1. The quantitative estimate of drug-likeness (QED) is 0.738. The molecule has 0 unspecified atom stereocenters. The zero-order valence-corrected chi connectivity index (χ0v) is 9.14. The molecular formula is C9H15N3OS. The zero-order valence-electron chi connectivity index (χ0n) is 8.32. The summed E-state index contributed by atoms with van der Waals surface area (Å²) in [5.41, 5.74) is 1.60. The first-order chi connectivity index (χ1) is 6.83. The van der Waals surface area contributed by atoms with E-state index in [0.717, 1.165) is 12.8 Å². The summed E-state index contributed by atoms with van der Waals surface area (Å²) in [4.78, 5) is 11.3. The monoisotopic (exact) mass is 213 g/mol. The van der Waals surface area contributed by atoms with Crippen molar-refractivity contribution in [2.75, 3.05) is 5.32 Å². The highest BCUT2D eigenvalue weighted by molar-refractivity contribution is 7.13. The summed E-state index contributed by atoms with van der Waals surface area (Å²) >= 11 is 1.34. The summed E-state index contributed by atoms with van der Waals surface area (Å²) in [6.45, 7) is 2.15. The molecule has 0 bridgehead atoms. The first-order valence-corrected chi connectivity index (χ1v) is 5.77. The van der Waals surface area contributed by atoms with E-state index in [-0.39, 0.29) is 5.91 Å². The molecule has 0 atom stereocenters. The molecule has 0 aromatic carbocycles. The SMILES string of the molecule is CCCCCCC(=O)Nc1nncs1. The topological polar surface area (TPSA) is 54.9 Å². The molecule has 0 fully saturated rings. The van der Waals surface area contributed by atoms with Crippen molar-refractivity contribution in [1.82, 2.24) is 10.2 Å². The Morgan fingerprint density at radius 1 is 1.50 bits per heavy atom.